The van der Waals surface area contributed by atoms with Gasteiger partial charge in [0.2, 0.25) is 15.9 Å². The monoisotopic (exact) mass is 684 g/mol. The molecule has 3 aromatic carbocycles. The molecule has 0 saturated heterocycles. The summed E-state index contributed by atoms with van der Waals surface area (Å²) >= 11 is 1.34. The maximum Gasteiger partial charge on any atom is 0.370 e. The summed E-state index contributed by atoms with van der Waals surface area (Å²) in [6.07, 6.45) is 7.36. The first-order valence-corrected chi connectivity index (χ1v) is 18.7. The summed E-state index contributed by atoms with van der Waals surface area (Å²) in [6.45, 7) is 6.41. The van der Waals surface area contributed by atoms with Crippen LogP contribution < -0.4 is 14.4 Å². The molecular weight excluding hydrogens is 640 g/mol. The van der Waals surface area contributed by atoms with Crippen molar-refractivity contribution in [3.8, 4) is 11.5 Å². The number of carbonyl (C=O) groups excluding carboxylic acids is 1. The lowest BCUT2D eigenvalue weighted by Gasteiger charge is -2.44. The molecule has 0 aliphatic carbocycles. The molecule has 0 fully saturated rings. The third-order valence-electron chi connectivity index (χ3n) is 8.39. The Morgan fingerprint density at radius 3 is 2.23 bits per heavy atom. The molecular formula is C36H45FN2O6S2. The number of hydrogen-bond donors (Lipinski definition) is 0. The van der Waals surface area contributed by atoms with Gasteiger partial charge < -0.3 is 19.1 Å². The van der Waals surface area contributed by atoms with E-state index in [4.69, 9.17) is 14.2 Å². The molecule has 0 atom stereocenters. The average Bonchev–Trinajstić information content (AvgIpc) is 3.16. The maximum absolute atomic E-state index is 15.2. The molecule has 0 amide bonds. The first-order valence-electron chi connectivity index (χ1n) is 16.0. The molecule has 0 aromatic heterocycles. The van der Waals surface area contributed by atoms with Gasteiger partial charge in [-0.1, -0.05) is 69.9 Å². The van der Waals surface area contributed by atoms with Crippen molar-refractivity contribution in [3.63, 3.8) is 0 Å². The summed E-state index contributed by atoms with van der Waals surface area (Å²) < 4.78 is 62.4. The summed E-state index contributed by atoms with van der Waals surface area (Å²) in [7, 11) is -2.59. The fraction of sp³-hybridized carbons (Fsp3) is 0.417. The van der Waals surface area contributed by atoms with Gasteiger partial charge in [-0.3, -0.25) is 0 Å². The number of unbranched alkanes of at least 4 members (excludes halogenated alkanes) is 2. The van der Waals surface area contributed by atoms with Gasteiger partial charge in [-0.15, -0.1) is 11.8 Å². The average molecular weight is 685 g/mol. The van der Waals surface area contributed by atoms with Crippen molar-refractivity contribution < 1.29 is 31.8 Å². The second-order valence-electron chi connectivity index (χ2n) is 11.5. The topological polar surface area (TPSA) is 85.4 Å². The molecule has 1 aliphatic heterocycles. The van der Waals surface area contributed by atoms with E-state index >= 15 is 8.42 Å². The Kier molecular flexibility index (Phi) is 12.8. The van der Waals surface area contributed by atoms with Crippen LogP contribution in [0.25, 0.3) is 0 Å². The number of benzene rings is 3. The Labute approximate surface area is 282 Å². The van der Waals surface area contributed by atoms with Crippen LogP contribution in [0.3, 0.4) is 0 Å². The van der Waals surface area contributed by atoms with E-state index in [-0.39, 0.29) is 23.8 Å². The standard InChI is InChI=1S/C36H45FN2O6S2/c1-6-9-20-36(21-10-7-2)26-38(28-14-12-11-13-15-28)31-22-33(46-5)32(45-25-30(37)35(40)44-8-3)23-34(31)47(41,42)39(36)24-27-16-18-29(43-4)19-17-27/h11-19,22-23,25H,6-10,20-21,24,26H2,1-5H3/b30-25-. The van der Waals surface area contributed by atoms with Crippen LogP contribution in [0, 0.1) is 0 Å². The number of halogens is 1. The molecule has 47 heavy (non-hydrogen) atoms. The lowest BCUT2D eigenvalue weighted by Crippen LogP contribution is -2.55. The molecule has 8 nitrogen and oxygen atoms in total. The van der Waals surface area contributed by atoms with Crippen molar-refractivity contribution in [2.45, 2.75) is 81.2 Å². The van der Waals surface area contributed by atoms with Crippen molar-refractivity contribution in [2.75, 3.05) is 31.4 Å². The van der Waals surface area contributed by atoms with E-state index < -0.39 is 27.4 Å². The molecule has 0 N–H and O–H groups in total. The smallest absolute Gasteiger partial charge is 0.370 e. The zero-order valence-corrected chi connectivity index (χ0v) is 29.5. The molecule has 254 valence electrons. The van der Waals surface area contributed by atoms with E-state index in [0.717, 1.165) is 36.9 Å². The highest BCUT2D eigenvalue weighted by atomic mass is 32.2. The van der Waals surface area contributed by atoms with E-state index in [1.165, 1.54) is 17.8 Å². The first kappa shape index (κ1) is 36.3. The second-order valence-corrected chi connectivity index (χ2v) is 14.2. The van der Waals surface area contributed by atoms with E-state index in [9.17, 15) is 9.18 Å². The first-order chi connectivity index (χ1) is 22.6. The molecule has 0 bridgehead atoms. The van der Waals surface area contributed by atoms with E-state index in [1.807, 2.05) is 60.9 Å². The number of anilines is 2. The lowest BCUT2D eigenvalue weighted by molar-refractivity contribution is -0.140. The Balaban J connectivity index is 1.99. The Morgan fingerprint density at radius 1 is 1.00 bits per heavy atom. The van der Waals surface area contributed by atoms with Gasteiger partial charge in [-0.05, 0) is 61.9 Å². The van der Waals surface area contributed by atoms with E-state index in [2.05, 4.69) is 18.7 Å². The van der Waals surface area contributed by atoms with Crippen LogP contribution in [0.15, 0.2) is 88.6 Å². The third-order valence-corrected chi connectivity index (χ3v) is 11.1. The number of fused-ring (bicyclic) bond motifs is 1. The lowest BCUT2D eigenvalue weighted by atomic mass is 9.85. The van der Waals surface area contributed by atoms with Gasteiger partial charge in [0.25, 0.3) is 0 Å². The van der Waals surface area contributed by atoms with Crippen LogP contribution in [-0.4, -0.2) is 50.7 Å². The summed E-state index contributed by atoms with van der Waals surface area (Å²) in [5.74, 6) is -1.57. The quantitative estimate of drug-likeness (QED) is 0.0681. The van der Waals surface area contributed by atoms with Crippen molar-refractivity contribution in [1.82, 2.24) is 4.31 Å². The highest BCUT2D eigenvalue weighted by molar-refractivity contribution is 7.98. The van der Waals surface area contributed by atoms with Gasteiger partial charge in [-0.2, -0.15) is 8.70 Å². The molecule has 11 heteroatoms. The van der Waals surface area contributed by atoms with Crippen LogP contribution in [0.1, 0.15) is 64.9 Å². The molecule has 0 spiro atoms. The summed E-state index contributed by atoms with van der Waals surface area (Å²) in [4.78, 5) is 14.7. The Morgan fingerprint density at radius 2 is 1.66 bits per heavy atom. The molecule has 1 aliphatic rings. The number of hydrogen-bond acceptors (Lipinski definition) is 8. The number of ether oxygens (including phenoxy) is 3. The van der Waals surface area contributed by atoms with Gasteiger partial charge in [-0.25, -0.2) is 13.2 Å². The van der Waals surface area contributed by atoms with Gasteiger partial charge in [0.05, 0.1) is 29.8 Å². The maximum atomic E-state index is 15.2. The second kappa shape index (κ2) is 16.5. The SMILES string of the molecule is CCCCC1(CCCC)CN(c2ccccc2)c2cc(SC)c(O/C=C(\F)C(=O)OCC)cc2S(=O)(=O)N1Cc1ccc(OC)cc1. The molecule has 4 rings (SSSR count). The fourth-order valence-corrected chi connectivity index (χ4v) is 8.46. The minimum absolute atomic E-state index is 0.00437. The summed E-state index contributed by atoms with van der Waals surface area (Å²) in [5.41, 5.74) is 1.45. The number of esters is 1. The zero-order chi connectivity index (χ0) is 34.0. The minimum atomic E-state index is -4.19. The van der Waals surface area contributed by atoms with Crippen molar-refractivity contribution in [3.05, 3.63) is 84.4 Å². The Bertz CT molecular complexity index is 1620. The van der Waals surface area contributed by atoms with Crippen LogP contribution in [-0.2, 0) is 26.1 Å². The summed E-state index contributed by atoms with van der Waals surface area (Å²) in [6, 6.07) is 20.5. The number of sulfonamides is 1. The number of rotatable bonds is 15. The van der Waals surface area contributed by atoms with Gasteiger partial charge in [0.1, 0.15) is 22.7 Å². The van der Waals surface area contributed by atoms with E-state index in [1.54, 1.807) is 24.4 Å². The van der Waals surface area contributed by atoms with Crippen LogP contribution in [0.4, 0.5) is 15.8 Å². The molecule has 0 radical (unpaired) electrons. The number of para-hydroxylation sites is 1. The van der Waals surface area contributed by atoms with Crippen LogP contribution in [0.2, 0.25) is 0 Å². The predicted molar refractivity (Wildman–Crippen MR) is 186 cm³/mol. The fourth-order valence-electron chi connectivity index (χ4n) is 5.93. The highest BCUT2D eigenvalue weighted by Gasteiger charge is 2.49. The van der Waals surface area contributed by atoms with Crippen LogP contribution in [0.5, 0.6) is 11.5 Å². The number of thioether (sulfide) groups is 1. The number of methoxy groups -OCH3 is 1. The molecule has 1 heterocycles. The highest BCUT2D eigenvalue weighted by Crippen LogP contribution is 2.48. The number of carbonyl (C=O) groups is 1. The minimum Gasteiger partial charge on any atom is -0.497 e. The van der Waals surface area contributed by atoms with Gasteiger partial charge in [0.15, 0.2) is 0 Å². The van der Waals surface area contributed by atoms with Crippen molar-refractivity contribution in [2.24, 2.45) is 0 Å². The molecule has 0 unspecified atom stereocenters. The predicted octanol–water partition coefficient (Wildman–Crippen LogP) is 8.63. The number of nitrogens with zero attached hydrogens (tertiary/aromatic N) is 2. The normalized spacial score (nSPS) is 15.9. The largest absolute Gasteiger partial charge is 0.497 e. The van der Waals surface area contributed by atoms with Gasteiger partial charge in [0, 0.05) is 24.8 Å². The molecule has 3 aromatic rings. The van der Waals surface area contributed by atoms with Gasteiger partial charge >= 0.3 is 5.97 Å². The Hall–Kier alpha value is -3.54. The third kappa shape index (κ3) is 8.31. The zero-order valence-electron chi connectivity index (χ0n) is 27.8. The summed E-state index contributed by atoms with van der Waals surface area (Å²) in [5, 5.41) is 0. The molecule has 0 saturated carbocycles. The van der Waals surface area contributed by atoms with Crippen molar-refractivity contribution in [1.29, 1.82) is 0 Å². The van der Waals surface area contributed by atoms with E-state index in [0.29, 0.717) is 42.0 Å². The van der Waals surface area contributed by atoms with Crippen molar-refractivity contribution >= 4 is 39.1 Å². The van der Waals surface area contributed by atoms with Crippen LogP contribution >= 0.6 is 11.8 Å².